The molecule has 0 saturated carbocycles. The summed E-state index contributed by atoms with van der Waals surface area (Å²) in [6, 6.07) is 12.0. The lowest BCUT2D eigenvalue weighted by atomic mass is 10.0. The third-order valence-corrected chi connectivity index (χ3v) is 7.56. The van der Waals surface area contributed by atoms with Crippen LogP contribution in [0.2, 0.25) is 0 Å². The molecule has 0 radical (unpaired) electrons. The van der Waals surface area contributed by atoms with Gasteiger partial charge in [0.25, 0.3) is 5.91 Å². The summed E-state index contributed by atoms with van der Waals surface area (Å²) in [6.07, 6.45) is 5.08. The minimum Gasteiger partial charge on any atom is -0.508 e. The number of hydrogen-bond acceptors (Lipinski definition) is 9. The number of amides is 1. The maximum Gasteiger partial charge on any atom is 0.323 e. The van der Waals surface area contributed by atoms with Gasteiger partial charge in [0.2, 0.25) is 16.0 Å². The van der Waals surface area contributed by atoms with Gasteiger partial charge in [-0.05, 0) is 61.4 Å². The van der Waals surface area contributed by atoms with Gasteiger partial charge in [0, 0.05) is 49.3 Å². The average molecular weight is 541 g/mol. The van der Waals surface area contributed by atoms with Gasteiger partial charge in [0.05, 0.1) is 4.90 Å². The van der Waals surface area contributed by atoms with E-state index >= 15 is 0 Å². The first-order valence-electron chi connectivity index (χ1n) is 11.9. The number of sulfonamides is 1. The number of rotatable bonds is 10. The second-order valence-corrected chi connectivity index (χ2v) is 10.5. The van der Waals surface area contributed by atoms with E-state index in [9.17, 15) is 28.2 Å². The number of carboxylic acids is 1. The molecule has 1 amide bonds. The minimum absolute atomic E-state index is 0.129. The second kappa shape index (κ2) is 11.9. The van der Waals surface area contributed by atoms with Gasteiger partial charge >= 0.3 is 5.97 Å². The largest absolute Gasteiger partial charge is 0.508 e. The molecule has 2 heterocycles. The Kier molecular flexibility index (Phi) is 8.38. The van der Waals surface area contributed by atoms with Gasteiger partial charge in [0.15, 0.2) is 0 Å². The molecular weight excluding hydrogens is 512 g/mol. The van der Waals surface area contributed by atoms with Crippen molar-refractivity contribution in [1.29, 1.82) is 0 Å². The van der Waals surface area contributed by atoms with Crippen molar-refractivity contribution in [3.63, 3.8) is 0 Å². The SMILES string of the molecule is O=C(NC[C@H](NS(=O)(=O)c1ccc(O)cc1)C(=O)O)c1cccc(N2CCC(Nc3ncccn3)CC2)c1. The zero-order valence-electron chi connectivity index (χ0n) is 20.3. The van der Waals surface area contributed by atoms with Crippen LogP contribution >= 0.6 is 0 Å². The molecule has 3 aromatic rings. The average Bonchev–Trinajstić information content (AvgIpc) is 2.92. The van der Waals surface area contributed by atoms with Gasteiger partial charge in [-0.2, -0.15) is 4.72 Å². The summed E-state index contributed by atoms with van der Waals surface area (Å²) in [7, 11) is -4.19. The smallest absolute Gasteiger partial charge is 0.323 e. The summed E-state index contributed by atoms with van der Waals surface area (Å²) < 4.78 is 27.1. The number of piperidine rings is 1. The zero-order chi connectivity index (χ0) is 27.1. The fraction of sp³-hybridized carbons (Fsp3) is 0.280. The number of aliphatic carboxylic acids is 1. The monoisotopic (exact) mass is 540 g/mol. The van der Waals surface area contributed by atoms with E-state index in [1.807, 2.05) is 6.07 Å². The van der Waals surface area contributed by atoms with Crippen molar-refractivity contribution in [2.45, 2.75) is 29.8 Å². The predicted molar refractivity (Wildman–Crippen MR) is 140 cm³/mol. The summed E-state index contributed by atoms with van der Waals surface area (Å²) >= 11 is 0. The lowest BCUT2D eigenvalue weighted by Gasteiger charge is -2.34. The van der Waals surface area contributed by atoms with Crippen LogP contribution in [0, 0.1) is 0 Å². The van der Waals surface area contributed by atoms with Crippen molar-refractivity contribution in [2.24, 2.45) is 0 Å². The van der Waals surface area contributed by atoms with Crippen LogP contribution in [0.4, 0.5) is 11.6 Å². The number of hydrogen-bond donors (Lipinski definition) is 5. The number of aromatic nitrogens is 2. The van der Waals surface area contributed by atoms with Crippen molar-refractivity contribution in [1.82, 2.24) is 20.0 Å². The van der Waals surface area contributed by atoms with Crippen LogP contribution in [-0.4, -0.2) is 72.2 Å². The molecule has 0 aliphatic carbocycles. The number of carbonyl (C=O) groups is 2. The molecule has 12 nitrogen and oxygen atoms in total. The number of nitrogens with zero attached hydrogens (tertiary/aromatic N) is 3. The van der Waals surface area contributed by atoms with Gasteiger partial charge in [0.1, 0.15) is 11.8 Å². The van der Waals surface area contributed by atoms with Gasteiger partial charge in [-0.25, -0.2) is 18.4 Å². The Bertz CT molecular complexity index is 1360. The molecule has 200 valence electrons. The van der Waals surface area contributed by atoms with Crippen molar-refractivity contribution in [3.8, 4) is 5.75 Å². The Labute approximate surface area is 219 Å². The molecule has 2 aromatic carbocycles. The van der Waals surface area contributed by atoms with Crippen LogP contribution in [0.3, 0.4) is 0 Å². The van der Waals surface area contributed by atoms with Gasteiger partial charge < -0.3 is 25.7 Å². The lowest BCUT2D eigenvalue weighted by molar-refractivity contribution is -0.138. The molecule has 0 spiro atoms. The lowest BCUT2D eigenvalue weighted by Crippen LogP contribution is -2.48. The van der Waals surface area contributed by atoms with Crippen molar-refractivity contribution >= 4 is 33.5 Å². The Morgan fingerprint density at radius 2 is 1.71 bits per heavy atom. The van der Waals surface area contributed by atoms with Crippen molar-refractivity contribution < 1.29 is 28.2 Å². The van der Waals surface area contributed by atoms with E-state index in [0.29, 0.717) is 11.5 Å². The normalized spacial score (nSPS) is 15.0. The minimum atomic E-state index is -4.19. The van der Waals surface area contributed by atoms with Crippen LogP contribution in [0.25, 0.3) is 0 Å². The molecule has 1 atom stereocenters. The number of anilines is 2. The Balaban J connectivity index is 1.33. The second-order valence-electron chi connectivity index (χ2n) is 8.74. The highest BCUT2D eigenvalue weighted by atomic mass is 32.2. The highest BCUT2D eigenvalue weighted by Crippen LogP contribution is 2.22. The Morgan fingerprint density at radius 3 is 2.37 bits per heavy atom. The number of phenolic OH excluding ortho intramolecular Hbond substituents is 1. The van der Waals surface area contributed by atoms with Gasteiger partial charge in [-0.1, -0.05) is 6.07 Å². The van der Waals surface area contributed by atoms with E-state index in [0.717, 1.165) is 43.8 Å². The van der Waals surface area contributed by atoms with Crippen LogP contribution < -0.4 is 20.3 Å². The van der Waals surface area contributed by atoms with Gasteiger partial charge in [-0.15, -0.1) is 0 Å². The molecule has 5 N–H and O–H groups in total. The summed E-state index contributed by atoms with van der Waals surface area (Å²) in [5.74, 6) is -1.51. The van der Waals surface area contributed by atoms with Crippen LogP contribution in [0.1, 0.15) is 23.2 Å². The molecule has 1 saturated heterocycles. The standard InChI is InChI=1S/C25H28N6O6S/c32-20-5-7-21(8-6-20)38(36,37)30-22(24(34)35)16-28-23(33)17-3-1-4-19(15-17)31-13-9-18(10-14-31)29-25-26-11-2-12-27-25/h1-8,11-12,15,18,22,30,32H,9-10,13-14,16H2,(H,28,33)(H,34,35)(H,26,27,29)/t22-/m0/s1. The van der Waals surface area contributed by atoms with Crippen molar-refractivity contribution in [2.75, 3.05) is 29.9 Å². The third-order valence-electron chi connectivity index (χ3n) is 6.08. The van der Waals surface area contributed by atoms with Gasteiger partial charge in [-0.3, -0.25) is 9.59 Å². The van der Waals surface area contributed by atoms with E-state index in [-0.39, 0.29) is 16.7 Å². The van der Waals surface area contributed by atoms with Crippen LogP contribution in [0.5, 0.6) is 5.75 Å². The maximum absolute atomic E-state index is 12.8. The molecule has 0 unspecified atom stereocenters. The first-order chi connectivity index (χ1) is 18.2. The quantitative estimate of drug-likeness (QED) is 0.253. The molecule has 0 bridgehead atoms. The Hall–Kier alpha value is -4.23. The highest BCUT2D eigenvalue weighted by Gasteiger charge is 2.26. The number of carboxylic acid groups (broad SMARTS) is 1. The first-order valence-corrected chi connectivity index (χ1v) is 13.4. The highest BCUT2D eigenvalue weighted by molar-refractivity contribution is 7.89. The van der Waals surface area contributed by atoms with E-state index < -0.39 is 34.5 Å². The predicted octanol–water partition coefficient (Wildman–Crippen LogP) is 1.42. The molecule has 38 heavy (non-hydrogen) atoms. The fourth-order valence-electron chi connectivity index (χ4n) is 4.04. The first kappa shape index (κ1) is 26.8. The molecular formula is C25H28N6O6S. The van der Waals surface area contributed by atoms with Crippen LogP contribution in [0.15, 0.2) is 71.9 Å². The molecule has 1 aliphatic rings. The van der Waals surface area contributed by atoms with E-state index in [4.69, 9.17) is 0 Å². The third kappa shape index (κ3) is 6.95. The summed E-state index contributed by atoms with van der Waals surface area (Å²) in [4.78, 5) is 34.8. The number of carbonyl (C=O) groups excluding carboxylic acids is 1. The van der Waals surface area contributed by atoms with Crippen LogP contribution in [-0.2, 0) is 14.8 Å². The number of aromatic hydroxyl groups is 1. The topological polar surface area (TPSA) is 174 Å². The Morgan fingerprint density at radius 1 is 1.03 bits per heavy atom. The number of benzene rings is 2. The summed E-state index contributed by atoms with van der Waals surface area (Å²) in [6.45, 7) is 1.06. The molecule has 1 fully saturated rings. The maximum atomic E-state index is 12.8. The number of nitrogens with one attached hydrogen (secondary N) is 3. The fourth-order valence-corrected chi connectivity index (χ4v) is 5.23. The van der Waals surface area contributed by atoms with E-state index in [1.54, 1.807) is 36.7 Å². The molecule has 4 rings (SSSR count). The zero-order valence-corrected chi connectivity index (χ0v) is 21.1. The van der Waals surface area contributed by atoms with Crippen molar-refractivity contribution in [3.05, 3.63) is 72.6 Å². The summed E-state index contributed by atoms with van der Waals surface area (Å²) in [5, 5.41) is 24.7. The molecule has 1 aliphatic heterocycles. The molecule has 13 heteroatoms. The number of phenols is 1. The van der Waals surface area contributed by atoms with E-state index in [1.165, 1.54) is 12.1 Å². The summed E-state index contributed by atoms with van der Waals surface area (Å²) in [5.41, 5.74) is 1.18. The van der Waals surface area contributed by atoms with E-state index in [2.05, 4.69) is 30.2 Å². The molecule has 1 aromatic heterocycles.